The van der Waals surface area contributed by atoms with Gasteiger partial charge in [0.2, 0.25) is 5.88 Å². The van der Waals surface area contributed by atoms with Crippen LogP contribution in [0, 0.1) is 0 Å². The Morgan fingerprint density at radius 1 is 1.22 bits per heavy atom. The second-order valence-corrected chi connectivity index (χ2v) is 5.35. The molecule has 0 radical (unpaired) electrons. The van der Waals surface area contributed by atoms with Gasteiger partial charge in [-0.2, -0.15) is 0 Å². The fraction of sp³-hybridized carbons (Fsp3) is 0.529. The third-order valence-corrected chi connectivity index (χ3v) is 3.34. The molecule has 0 aromatic carbocycles. The summed E-state index contributed by atoms with van der Waals surface area (Å²) < 4.78 is 22.7. The summed E-state index contributed by atoms with van der Waals surface area (Å²) in [5.41, 5.74) is 0.706. The molecule has 0 atom stereocenters. The van der Waals surface area contributed by atoms with E-state index in [-0.39, 0.29) is 11.6 Å². The van der Waals surface area contributed by atoms with E-state index in [1.165, 1.54) is 17.1 Å². The van der Waals surface area contributed by atoms with Crippen LogP contribution in [0.25, 0.3) is 0 Å². The van der Waals surface area contributed by atoms with E-state index < -0.39 is 6.29 Å². The summed E-state index contributed by atoms with van der Waals surface area (Å²) in [6, 6.07) is 3.36. The standard InChI is InChI=1S/C17H25N5O5/c1-4-25-16(26-5-2)12-22-11-14(20-21-22)17(23)19-13-6-7-15(18-10-13)27-9-8-24-3/h6-7,10-11,16H,4-5,8-9,12H2,1-3H3,(H,19,23). The van der Waals surface area contributed by atoms with Crippen LogP contribution in [0.4, 0.5) is 5.69 Å². The predicted octanol–water partition coefficient (Wildman–Crippen LogP) is 1.35. The highest BCUT2D eigenvalue weighted by molar-refractivity contribution is 6.02. The maximum Gasteiger partial charge on any atom is 0.277 e. The average molecular weight is 379 g/mol. The summed E-state index contributed by atoms with van der Waals surface area (Å²) in [4.78, 5) is 16.4. The molecule has 1 N–H and O–H groups in total. The number of nitrogens with zero attached hydrogens (tertiary/aromatic N) is 4. The monoisotopic (exact) mass is 379 g/mol. The number of carbonyl (C=O) groups excluding carboxylic acids is 1. The van der Waals surface area contributed by atoms with Crippen LogP contribution in [0.15, 0.2) is 24.5 Å². The van der Waals surface area contributed by atoms with Crippen molar-refractivity contribution in [2.75, 3.05) is 38.9 Å². The highest BCUT2D eigenvalue weighted by Crippen LogP contribution is 2.12. The molecule has 0 aliphatic carbocycles. The zero-order valence-electron chi connectivity index (χ0n) is 15.8. The van der Waals surface area contributed by atoms with Gasteiger partial charge < -0.3 is 24.3 Å². The summed E-state index contributed by atoms with van der Waals surface area (Å²) in [7, 11) is 1.60. The summed E-state index contributed by atoms with van der Waals surface area (Å²) in [5.74, 6) is 0.0642. The molecule has 2 rings (SSSR count). The molecule has 0 unspecified atom stereocenters. The second-order valence-electron chi connectivity index (χ2n) is 5.35. The van der Waals surface area contributed by atoms with Gasteiger partial charge in [0.05, 0.1) is 31.2 Å². The summed E-state index contributed by atoms with van der Waals surface area (Å²) in [6.07, 6.45) is 2.60. The number of amides is 1. The Morgan fingerprint density at radius 2 is 2.00 bits per heavy atom. The molecule has 10 heteroatoms. The Kier molecular flexibility index (Phi) is 8.62. The molecule has 0 bridgehead atoms. The Hall–Kier alpha value is -2.56. The van der Waals surface area contributed by atoms with E-state index in [9.17, 15) is 4.79 Å². The molecule has 0 fully saturated rings. The number of carbonyl (C=O) groups is 1. The van der Waals surface area contributed by atoms with Crippen molar-refractivity contribution in [2.45, 2.75) is 26.7 Å². The lowest BCUT2D eigenvalue weighted by atomic mass is 10.3. The Bertz CT molecular complexity index is 685. The van der Waals surface area contributed by atoms with Crippen molar-refractivity contribution < 1.29 is 23.7 Å². The smallest absolute Gasteiger partial charge is 0.277 e. The van der Waals surface area contributed by atoms with Gasteiger partial charge in [-0.3, -0.25) is 4.79 Å². The van der Waals surface area contributed by atoms with Crippen LogP contribution in [0.5, 0.6) is 5.88 Å². The number of methoxy groups -OCH3 is 1. The van der Waals surface area contributed by atoms with Crippen molar-refractivity contribution in [1.29, 1.82) is 0 Å². The van der Waals surface area contributed by atoms with Gasteiger partial charge in [0, 0.05) is 26.4 Å². The third kappa shape index (κ3) is 6.93. The fourth-order valence-corrected chi connectivity index (χ4v) is 2.13. The zero-order valence-corrected chi connectivity index (χ0v) is 15.8. The molecule has 0 saturated carbocycles. The van der Waals surface area contributed by atoms with E-state index in [4.69, 9.17) is 18.9 Å². The van der Waals surface area contributed by atoms with Gasteiger partial charge in [0.15, 0.2) is 12.0 Å². The largest absolute Gasteiger partial charge is 0.475 e. The highest BCUT2D eigenvalue weighted by atomic mass is 16.7. The van der Waals surface area contributed by atoms with Crippen molar-refractivity contribution in [2.24, 2.45) is 0 Å². The maximum absolute atomic E-state index is 12.3. The van der Waals surface area contributed by atoms with Gasteiger partial charge >= 0.3 is 0 Å². The molecule has 2 aromatic heterocycles. The van der Waals surface area contributed by atoms with Gasteiger partial charge in [-0.15, -0.1) is 5.10 Å². The fourth-order valence-electron chi connectivity index (χ4n) is 2.13. The SMILES string of the molecule is CCOC(Cn1cc(C(=O)Nc2ccc(OCCOC)nc2)nn1)OCC. The van der Waals surface area contributed by atoms with Gasteiger partial charge in [0.25, 0.3) is 5.91 Å². The molecule has 0 aliphatic rings. The zero-order chi connectivity index (χ0) is 19.5. The van der Waals surface area contributed by atoms with E-state index in [0.29, 0.717) is 44.5 Å². The van der Waals surface area contributed by atoms with E-state index in [2.05, 4.69) is 20.6 Å². The number of hydrogen-bond donors (Lipinski definition) is 1. The van der Waals surface area contributed by atoms with Crippen molar-refractivity contribution in [3.8, 4) is 5.88 Å². The van der Waals surface area contributed by atoms with Gasteiger partial charge in [0.1, 0.15) is 6.61 Å². The summed E-state index contributed by atoms with van der Waals surface area (Å²) in [5, 5.41) is 10.5. The van der Waals surface area contributed by atoms with Gasteiger partial charge in [-0.1, -0.05) is 5.21 Å². The molecule has 148 valence electrons. The highest BCUT2D eigenvalue weighted by Gasteiger charge is 2.15. The normalized spacial score (nSPS) is 11.0. The molecule has 0 aliphatic heterocycles. The Balaban J connectivity index is 1.89. The van der Waals surface area contributed by atoms with Gasteiger partial charge in [-0.05, 0) is 19.9 Å². The van der Waals surface area contributed by atoms with E-state index in [0.717, 1.165) is 0 Å². The van der Waals surface area contributed by atoms with Crippen molar-refractivity contribution in [3.63, 3.8) is 0 Å². The summed E-state index contributed by atoms with van der Waals surface area (Å²) >= 11 is 0. The van der Waals surface area contributed by atoms with Gasteiger partial charge in [-0.25, -0.2) is 9.67 Å². The van der Waals surface area contributed by atoms with E-state index >= 15 is 0 Å². The topological polar surface area (TPSA) is 110 Å². The van der Waals surface area contributed by atoms with Crippen LogP contribution in [-0.4, -0.2) is 65.7 Å². The van der Waals surface area contributed by atoms with Crippen LogP contribution >= 0.6 is 0 Å². The lowest BCUT2D eigenvalue weighted by Crippen LogP contribution is -2.24. The number of nitrogens with one attached hydrogen (secondary N) is 1. The van der Waals surface area contributed by atoms with Crippen molar-refractivity contribution in [1.82, 2.24) is 20.0 Å². The maximum atomic E-state index is 12.3. The predicted molar refractivity (Wildman–Crippen MR) is 96.6 cm³/mol. The Labute approximate surface area is 157 Å². The number of pyridine rings is 1. The van der Waals surface area contributed by atoms with Crippen LogP contribution < -0.4 is 10.1 Å². The quantitative estimate of drug-likeness (QED) is 0.435. The molecule has 27 heavy (non-hydrogen) atoms. The minimum Gasteiger partial charge on any atom is -0.475 e. The third-order valence-electron chi connectivity index (χ3n) is 3.34. The molecule has 10 nitrogen and oxygen atoms in total. The average Bonchev–Trinajstić information content (AvgIpc) is 3.12. The minimum absolute atomic E-state index is 0.183. The first-order chi connectivity index (χ1) is 13.2. The van der Waals surface area contributed by atoms with E-state index in [1.807, 2.05) is 13.8 Å². The molecule has 1 amide bonds. The molecule has 0 saturated heterocycles. The van der Waals surface area contributed by atoms with Crippen LogP contribution in [0.2, 0.25) is 0 Å². The first kappa shape index (κ1) is 20.7. The lowest BCUT2D eigenvalue weighted by Gasteiger charge is -2.16. The molecular formula is C17H25N5O5. The number of rotatable bonds is 12. The second kappa shape index (κ2) is 11.2. The van der Waals surface area contributed by atoms with Crippen LogP contribution in [0.3, 0.4) is 0 Å². The van der Waals surface area contributed by atoms with Crippen LogP contribution in [-0.2, 0) is 20.8 Å². The van der Waals surface area contributed by atoms with E-state index in [1.54, 1.807) is 19.2 Å². The molecule has 2 heterocycles. The first-order valence-corrected chi connectivity index (χ1v) is 8.68. The number of ether oxygens (including phenoxy) is 4. The van der Waals surface area contributed by atoms with Crippen LogP contribution in [0.1, 0.15) is 24.3 Å². The first-order valence-electron chi connectivity index (χ1n) is 8.68. The summed E-state index contributed by atoms with van der Waals surface area (Å²) in [6.45, 7) is 6.03. The minimum atomic E-state index is -0.438. The number of anilines is 1. The molecule has 2 aromatic rings. The lowest BCUT2D eigenvalue weighted by molar-refractivity contribution is -0.145. The van der Waals surface area contributed by atoms with Crippen molar-refractivity contribution >= 4 is 11.6 Å². The molecular weight excluding hydrogens is 354 g/mol. The van der Waals surface area contributed by atoms with Crippen molar-refractivity contribution in [3.05, 3.63) is 30.2 Å². The number of aromatic nitrogens is 4. The Morgan fingerprint density at radius 3 is 2.63 bits per heavy atom. The molecule has 0 spiro atoms. The number of hydrogen-bond acceptors (Lipinski definition) is 8.